The van der Waals surface area contributed by atoms with Gasteiger partial charge in [-0.25, -0.2) is 9.07 Å². The Balaban J connectivity index is 1.83. The zero-order valence-electron chi connectivity index (χ0n) is 13.8. The number of nitrogens with one attached hydrogen (secondary N) is 2. The molecule has 2 aromatic rings. The number of carbonyl (C=O) groups excluding carboxylic acids is 2. The molecular formula is C17H19FN4O2S. The van der Waals surface area contributed by atoms with Crippen molar-refractivity contribution >= 4 is 29.4 Å². The molecule has 0 saturated heterocycles. The Labute approximate surface area is 149 Å². The minimum Gasteiger partial charge on any atom is -0.355 e. The summed E-state index contributed by atoms with van der Waals surface area (Å²) in [5, 5.41) is 9.96. The topological polar surface area (TPSA) is 76.0 Å². The highest BCUT2D eigenvalue weighted by Gasteiger charge is 2.25. The number of thioether (sulfide) groups is 1. The van der Waals surface area contributed by atoms with Gasteiger partial charge in [-0.1, -0.05) is 19.1 Å². The van der Waals surface area contributed by atoms with Gasteiger partial charge in [0.05, 0.1) is 11.3 Å². The summed E-state index contributed by atoms with van der Waals surface area (Å²) in [7, 11) is 0. The smallest absolute Gasteiger partial charge is 0.259 e. The summed E-state index contributed by atoms with van der Waals surface area (Å²) in [6, 6.07) is 5.80. The third-order valence-electron chi connectivity index (χ3n) is 3.83. The predicted octanol–water partition coefficient (Wildman–Crippen LogP) is 2.55. The summed E-state index contributed by atoms with van der Waals surface area (Å²) in [5.41, 5.74) is 1.72. The van der Waals surface area contributed by atoms with Crippen LogP contribution in [0.3, 0.4) is 0 Å². The van der Waals surface area contributed by atoms with Crippen LogP contribution in [0.15, 0.2) is 24.3 Å². The average Bonchev–Trinajstić information content (AvgIpc) is 3.16. The first-order valence-corrected chi connectivity index (χ1v) is 9.24. The fourth-order valence-corrected chi connectivity index (χ4v) is 3.63. The van der Waals surface area contributed by atoms with E-state index in [0.717, 1.165) is 23.4 Å². The lowest BCUT2D eigenvalue weighted by atomic mass is 10.2. The zero-order chi connectivity index (χ0) is 17.8. The number of amides is 2. The number of nitrogens with zero attached hydrogens (tertiary/aromatic N) is 2. The maximum Gasteiger partial charge on any atom is 0.259 e. The summed E-state index contributed by atoms with van der Waals surface area (Å²) in [6.07, 6.45) is 0.842. The highest BCUT2D eigenvalue weighted by atomic mass is 32.2. The lowest BCUT2D eigenvalue weighted by Crippen LogP contribution is -2.29. The van der Waals surface area contributed by atoms with Crippen molar-refractivity contribution in [2.45, 2.75) is 31.4 Å². The molecular weight excluding hydrogens is 343 g/mol. The van der Waals surface area contributed by atoms with Crippen LogP contribution >= 0.6 is 11.8 Å². The van der Waals surface area contributed by atoms with Gasteiger partial charge in [-0.2, -0.15) is 16.9 Å². The lowest BCUT2D eigenvalue weighted by Gasteiger charge is -2.11. The van der Waals surface area contributed by atoms with Gasteiger partial charge in [0.1, 0.15) is 18.2 Å². The first kappa shape index (κ1) is 17.5. The van der Waals surface area contributed by atoms with Crippen molar-refractivity contribution < 1.29 is 14.0 Å². The minimum atomic E-state index is -0.585. The van der Waals surface area contributed by atoms with Crippen molar-refractivity contribution in [2.24, 2.45) is 0 Å². The van der Waals surface area contributed by atoms with Crippen LogP contribution in [0.2, 0.25) is 0 Å². The molecule has 2 amide bonds. The number of benzene rings is 1. The van der Waals surface area contributed by atoms with Crippen molar-refractivity contribution in [1.82, 2.24) is 15.1 Å². The van der Waals surface area contributed by atoms with Crippen LogP contribution in [-0.4, -0.2) is 28.1 Å². The third kappa shape index (κ3) is 3.84. The monoisotopic (exact) mass is 362 g/mol. The second-order valence-electron chi connectivity index (χ2n) is 5.71. The van der Waals surface area contributed by atoms with E-state index in [2.05, 4.69) is 15.7 Å². The van der Waals surface area contributed by atoms with E-state index in [1.54, 1.807) is 17.8 Å². The summed E-state index contributed by atoms with van der Waals surface area (Å²) < 4.78 is 15.3. The lowest BCUT2D eigenvalue weighted by molar-refractivity contribution is -0.121. The van der Waals surface area contributed by atoms with E-state index in [1.807, 2.05) is 6.92 Å². The molecule has 0 fully saturated rings. The molecule has 1 aromatic carbocycles. The number of carbonyl (C=O) groups is 2. The van der Waals surface area contributed by atoms with Crippen LogP contribution in [0.4, 0.5) is 10.2 Å². The molecule has 0 saturated carbocycles. The number of hydrogen-bond donors (Lipinski definition) is 2. The van der Waals surface area contributed by atoms with Crippen LogP contribution < -0.4 is 10.6 Å². The summed E-state index contributed by atoms with van der Waals surface area (Å²) >= 11 is 1.69. The third-order valence-corrected chi connectivity index (χ3v) is 4.81. The second kappa shape index (κ2) is 7.69. The van der Waals surface area contributed by atoms with Crippen LogP contribution in [0.25, 0.3) is 0 Å². The van der Waals surface area contributed by atoms with Gasteiger partial charge in [0, 0.05) is 23.6 Å². The molecule has 3 rings (SSSR count). The molecule has 0 spiro atoms. The van der Waals surface area contributed by atoms with Gasteiger partial charge in [-0.15, -0.1) is 0 Å². The summed E-state index contributed by atoms with van der Waals surface area (Å²) in [4.78, 5) is 24.5. The van der Waals surface area contributed by atoms with E-state index >= 15 is 0 Å². The number of aromatic nitrogens is 2. The molecule has 0 unspecified atom stereocenters. The largest absolute Gasteiger partial charge is 0.355 e. The Morgan fingerprint density at radius 3 is 2.88 bits per heavy atom. The quantitative estimate of drug-likeness (QED) is 0.828. The van der Waals surface area contributed by atoms with E-state index < -0.39 is 11.7 Å². The van der Waals surface area contributed by atoms with Crippen molar-refractivity contribution in [3.8, 4) is 0 Å². The van der Waals surface area contributed by atoms with E-state index in [9.17, 15) is 14.0 Å². The Hall–Kier alpha value is -2.35. The van der Waals surface area contributed by atoms with Gasteiger partial charge >= 0.3 is 0 Å². The number of rotatable bonds is 6. The fraction of sp³-hybridized carbons (Fsp3) is 0.353. The Kier molecular flexibility index (Phi) is 5.37. The standard InChI is InChI=1S/C17H19FN4O2S/c1-2-7-19-15(23)8-22-16(12-9-25-10-14(12)21-22)20-17(24)11-5-3-4-6-13(11)18/h3-6H,2,7-10H2,1H3,(H,19,23)(H,20,24). The van der Waals surface area contributed by atoms with E-state index in [-0.39, 0.29) is 18.0 Å². The molecule has 0 atom stereocenters. The van der Waals surface area contributed by atoms with Crippen LogP contribution in [0.1, 0.15) is 35.0 Å². The van der Waals surface area contributed by atoms with Crippen molar-refractivity contribution in [3.05, 3.63) is 46.9 Å². The molecule has 1 aromatic heterocycles. The zero-order valence-corrected chi connectivity index (χ0v) is 14.7. The fourth-order valence-electron chi connectivity index (χ4n) is 2.60. The van der Waals surface area contributed by atoms with E-state index in [0.29, 0.717) is 18.1 Å². The maximum atomic E-state index is 13.8. The van der Waals surface area contributed by atoms with Gasteiger partial charge in [0.25, 0.3) is 5.91 Å². The first-order valence-electron chi connectivity index (χ1n) is 8.09. The van der Waals surface area contributed by atoms with Gasteiger partial charge in [-0.05, 0) is 18.6 Å². The van der Waals surface area contributed by atoms with Crippen LogP contribution in [0.5, 0.6) is 0 Å². The highest BCUT2D eigenvalue weighted by molar-refractivity contribution is 7.98. The number of halogens is 1. The molecule has 8 heteroatoms. The molecule has 2 N–H and O–H groups in total. The van der Waals surface area contributed by atoms with Crippen molar-refractivity contribution in [3.63, 3.8) is 0 Å². The molecule has 0 aliphatic carbocycles. The molecule has 1 aliphatic heterocycles. The molecule has 25 heavy (non-hydrogen) atoms. The molecule has 0 radical (unpaired) electrons. The molecule has 1 aliphatic rings. The molecule has 6 nitrogen and oxygen atoms in total. The molecule has 0 bridgehead atoms. The minimum absolute atomic E-state index is 0.0184. The molecule has 132 valence electrons. The van der Waals surface area contributed by atoms with Gasteiger partial charge < -0.3 is 10.6 Å². The highest BCUT2D eigenvalue weighted by Crippen LogP contribution is 2.34. The Morgan fingerprint density at radius 2 is 2.12 bits per heavy atom. The van der Waals surface area contributed by atoms with Crippen molar-refractivity contribution in [2.75, 3.05) is 11.9 Å². The predicted molar refractivity (Wildman–Crippen MR) is 94.9 cm³/mol. The number of anilines is 1. The van der Waals surface area contributed by atoms with E-state index in [4.69, 9.17) is 0 Å². The summed E-state index contributed by atoms with van der Waals surface area (Å²) in [6.45, 7) is 2.58. The number of hydrogen-bond acceptors (Lipinski definition) is 4. The SMILES string of the molecule is CCCNC(=O)Cn1nc2c(c1NC(=O)c1ccccc1F)CSC2. The maximum absolute atomic E-state index is 13.8. The van der Waals surface area contributed by atoms with Crippen LogP contribution in [-0.2, 0) is 22.8 Å². The molecule has 2 heterocycles. The van der Waals surface area contributed by atoms with E-state index in [1.165, 1.54) is 22.9 Å². The Bertz CT molecular complexity index is 806. The van der Waals surface area contributed by atoms with Crippen LogP contribution in [0, 0.1) is 5.82 Å². The Morgan fingerprint density at radius 1 is 1.32 bits per heavy atom. The van der Waals surface area contributed by atoms with Crippen molar-refractivity contribution in [1.29, 1.82) is 0 Å². The number of fused-ring (bicyclic) bond motifs is 1. The van der Waals surface area contributed by atoms with Gasteiger partial charge in [-0.3, -0.25) is 9.59 Å². The first-order chi connectivity index (χ1) is 12.1. The van der Waals surface area contributed by atoms with Gasteiger partial charge in [0.15, 0.2) is 0 Å². The second-order valence-corrected chi connectivity index (χ2v) is 6.69. The summed E-state index contributed by atoms with van der Waals surface area (Å²) in [5.74, 6) is 0.614. The average molecular weight is 362 g/mol. The van der Waals surface area contributed by atoms with Gasteiger partial charge in [0.2, 0.25) is 5.91 Å². The normalized spacial score (nSPS) is 12.7.